The van der Waals surface area contributed by atoms with E-state index in [1.807, 2.05) is 20.8 Å². The standard InChI is InChI=1S/C28H35FN2O7/c1-7-35-20-11-16(10-18(28(4,5)6)25(20)38-15-22(33)34)19(32)14-31-13-17-12-21(36-8-2)26(37-9-3)24(29)23(17)27(31)30/h10-12,30H,7-9,13-15H2,1-6H3,(H,33,34). The van der Waals surface area contributed by atoms with E-state index in [4.69, 9.17) is 29.5 Å². The Morgan fingerprint density at radius 3 is 2.13 bits per heavy atom. The third-order valence-corrected chi connectivity index (χ3v) is 5.93. The van der Waals surface area contributed by atoms with Crippen LogP contribution in [0.15, 0.2) is 18.2 Å². The highest BCUT2D eigenvalue weighted by molar-refractivity contribution is 6.06. The highest BCUT2D eigenvalue weighted by atomic mass is 19.1. The summed E-state index contributed by atoms with van der Waals surface area (Å²) in [4.78, 5) is 26.1. The van der Waals surface area contributed by atoms with E-state index >= 15 is 4.39 Å². The summed E-state index contributed by atoms with van der Waals surface area (Å²) in [7, 11) is 0. The van der Waals surface area contributed by atoms with Crippen LogP contribution in [0.3, 0.4) is 0 Å². The molecule has 0 spiro atoms. The van der Waals surface area contributed by atoms with Crippen LogP contribution in [0.5, 0.6) is 23.0 Å². The number of fused-ring (bicyclic) bond motifs is 1. The number of carbonyl (C=O) groups is 2. The fraction of sp³-hybridized carbons (Fsp3) is 0.464. The number of ether oxygens (including phenoxy) is 4. The number of rotatable bonds is 12. The van der Waals surface area contributed by atoms with Crippen molar-refractivity contribution in [1.29, 1.82) is 5.41 Å². The van der Waals surface area contributed by atoms with Crippen molar-refractivity contribution < 1.29 is 38.0 Å². The number of carboxylic acids is 1. The Morgan fingerprint density at radius 1 is 0.974 bits per heavy atom. The predicted octanol–water partition coefficient (Wildman–Crippen LogP) is 4.81. The molecule has 1 heterocycles. The van der Waals surface area contributed by atoms with Gasteiger partial charge >= 0.3 is 5.97 Å². The van der Waals surface area contributed by atoms with Crippen LogP contribution in [0.25, 0.3) is 0 Å². The van der Waals surface area contributed by atoms with Gasteiger partial charge in [-0.3, -0.25) is 10.2 Å². The maximum absolute atomic E-state index is 15.4. The molecule has 0 fully saturated rings. The topological polar surface area (TPSA) is 118 Å². The Bertz CT molecular complexity index is 1240. The normalized spacial score (nSPS) is 12.8. The molecule has 206 valence electrons. The molecule has 0 saturated carbocycles. The van der Waals surface area contributed by atoms with Gasteiger partial charge in [0.2, 0.25) is 0 Å². The zero-order valence-electron chi connectivity index (χ0n) is 22.7. The lowest BCUT2D eigenvalue weighted by Crippen LogP contribution is -2.30. The summed E-state index contributed by atoms with van der Waals surface area (Å²) in [6.07, 6.45) is 0. The molecule has 0 bridgehead atoms. The van der Waals surface area contributed by atoms with Crippen LogP contribution in [-0.4, -0.2) is 60.6 Å². The van der Waals surface area contributed by atoms with Crippen molar-refractivity contribution in [1.82, 2.24) is 4.90 Å². The number of halogens is 1. The number of hydrogen-bond donors (Lipinski definition) is 2. The summed E-state index contributed by atoms with van der Waals surface area (Å²) >= 11 is 0. The molecule has 10 heteroatoms. The minimum Gasteiger partial charge on any atom is -0.490 e. The molecule has 9 nitrogen and oxygen atoms in total. The molecule has 2 N–H and O–H groups in total. The lowest BCUT2D eigenvalue weighted by molar-refractivity contribution is -0.139. The fourth-order valence-corrected chi connectivity index (χ4v) is 4.29. The number of nitrogens with one attached hydrogen (secondary N) is 1. The van der Waals surface area contributed by atoms with E-state index in [1.54, 1.807) is 32.9 Å². The van der Waals surface area contributed by atoms with Gasteiger partial charge in [0.05, 0.1) is 31.9 Å². The molecule has 0 atom stereocenters. The number of hydrogen-bond acceptors (Lipinski definition) is 7. The molecular weight excluding hydrogens is 495 g/mol. The Morgan fingerprint density at radius 2 is 1.58 bits per heavy atom. The number of benzene rings is 2. The van der Waals surface area contributed by atoms with Gasteiger partial charge < -0.3 is 29.0 Å². The van der Waals surface area contributed by atoms with Crippen molar-refractivity contribution in [2.24, 2.45) is 0 Å². The smallest absolute Gasteiger partial charge is 0.341 e. The fourth-order valence-electron chi connectivity index (χ4n) is 4.29. The monoisotopic (exact) mass is 530 g/mol. The van der Waals surface area contributed by atoms with Gasteiger partial charge in [0.25, 0.3) is 0 Å². The SMILES string of the molecule is CCOc1cc(C(=O)CN2Cc3cc(OCC)c(OCC)c(F)c3C2=N)cc(C(C)(C)C)c1OCC(=O)O. The molecular formula is C28H35FN2O7. The zero-order chi connectivity index (χ0) is 28.2. The zero-order valence-corrected chi connectivity index (χ0v) is 22.7. The Balaban J connectivity index is 1.96. The van der Waals surface area contributed by atoms with E-state index in [-0.39, 0.29) is 66.5 Å². The second-order valence-corrected chi connectivity index (χ2v) is 9.76. The molecule has 3 rings (SSSR count). The van der Waals surface area contributed by atoms with Crippen molar-refractivity contribution in [2.75, 3.05) is 33.0 Å². The maximum Gasteiger partial charge on any atom is 0.341 e. The third kappa shape index (κ3) is 6.00. The minimum absolute atomic E-state index is 0.0425. The number of Topliss-reactive ketones (excluding diaryl/α,β-unsaturated/α-hetero) is 1. The molecule has 0 amide bonds. The molecule has 0 unspecified atom stereocenters. The first-order valence-electron chi connectivity index (χ1n) is 12.6. The van der Waals surface area contributed by atoms with Crippen molar-refractivity contribution >= 4 is 17.6 Å². The van der Waals surface area contributed by atoms with E-state index in [9.17, 15) is 9.59 Å². The van der Waals surface area contributed by atoms with Gasteiger partial charge in [-0.1, -0.05) is 20.8 Å². The first-order chi connectivity index (χ1) is 17.9. The van der Waals surface area contributed by atoms with Gasteiger partial charge in [0.1, 0.15) is 5.84 Å². The molecule has 38 heavy (non-hydrogen) atoms. The van der Waals surface area contributed by atoms with Crippen LogP contribution in [0.1, 0.15) is 68.6 Å². The van der Waals surface area contributed by atoms with E-state index in [0.717, 1.165) is 0 Å². The van der Waals surface area contributed by atoms with Gasteiger partial charge in [-0.2, -0.15) is 0 Å². The average molecular weight is 531 g/mol. The Kier molecular flexibility index (Phi) is 8.85. The van der Waals surface area contributed by atoms with Crippen molar-refractivity contribution in [3.05, 3.63) is 46.3 Å². The largest absolute Gasteiger partial charge is 0.490 e. The minimum atomic E-state index is -1.13. The van der Waals surface area contributed by atoms with Gasteiger partial charge in [-0.05, 0) is 49.9 Å². The van der Waals surface area contributed by atoms with Gasteiger partial charge in [-0.25, -0.2) is 9.18 Å². The number of ketones is 1. The molecule has 0 aromatic heterocycles. The van der Waals surface area contributed by atoms with Gasteiger partial charge in [0, 0.05) is 17.7 Å². The van der Waals surface area contributed by atoms with Gasteiger partial charge in [-0.15, -0.1) is 0 Å². The van der Waals surface area contributed by atoms with Gasteiger partial charge in [0.15, 0.2) is 41.2 Å². The number of nitrogens with zero attached hydrogens (tertiary/aromatic N) is 1. The third-order valence-electron chi connectivity index (χ3n) is 5.93. The molecule has 2 aromatic rings. The second-order valence-electron chi connectivity index (χ2n) is 9.76. The van der Waals surface area contributed by atoms with Crippen LogP contribution < -0.4 is 18.9 Å². The Hall–Kier alpha value is -3.82. The molecule has 0 aliphatic carbocycles. The first-order valence-corrected chi connectivity index (χ1v) is 12.6. The van der Waals surface area contributed by atoms with Crippen LogP contribution in [0.4, 0.5) is 4.39 Å². The molecule has 1 aliphatic rings. The number of amidine groups is 1. The van der Waals surface area contributed by atoms with E-state index in [2.05, 4.69) is 0 Å². The molecule has 0 saturated heterocycles. The summed E-state index contributed by atoms with van der Waals surface area (Å²) in [6.45, 7) is 11.3. The lowest BCUT2D eigenvalue weighted by Gasteiger charge is -2.26. The molecule has 0 radical (unpaired) electrons. The maximum atomic E-state index is 15.4. The van der Waals surface area contributed by atoms with Crippen LogP contribution in [0, 0.1) is 11.2 Å². The van der Waals surface area contributed by atoms with Crippen molar-refractivity contribution in [3.63, 3.8) is 0 Å². The van der Waals surface area contributed by atoms with Crippen LogP contribution >= 0.6 is 0 Å². The average Bonchev–Trinajstić information content (AvgIpc) is 3.14. The molecule has 2 aromatic carbocycles. The number of carbonyl (C=O) groups excluding carboxylic acids is 1. The predicted molar refractivity (Wildman–Crippen MR) is 140 cm³/mol. The number of carboxylic acid groups (broad SMARTS) is 1. The van der Waals surface area contributed by atoms with E-state index in [0.29, 0.717) is 23.3 Å². The van der Waals surface area contributed by atoms with Crippen molar-refractivity contribution in [3.8, 4) is 23.0 Å². The van der Waals surface area contributed by atoms with E-state index in [1.165, 1.54) is 11.0 Å². The van der Waals surface area contributed by atoms with Crippen LogP contribution in [-0.2, 0) is 16.8 Å². The Labute approximate surface area is 222 Å². The summed E-state index contributed by atoms with van der Waals surface area (Å²) < 4.78 is 37.7. The summed E-state index contributed by atoms with van der Waals surface area (Å²) in [5.74, 6) is -1.48. The second kappa shape index (κ2) is 11.7. The number of aliphatic carboxylic acids is 1. The summed E-state index contributed by atoms with van der Waals surface area (Å²) in [5.41, 5.74) is 1.06. The van der Waals surface area contributed by atoms with Crippen LogP contribution in [0.2, 0.25) is 0 Å². The lowest BCUT2D eigenvalue weighted by atomic mass is 9.84. The highest BCUT2D eigenvalue weighted by Crippen LogP contribution is 2.41. The summed E-state index contributed by atoms with van der Waals surface area (Å²) in [5, 5.41) is 17.7. The highest BCUT2D eigenvalue weighted by Gasteiger charge is 2.34. The summed E-state index contributed by atoms with van der Waals surface area (Å²) in [6, 6.07) is 4.84. The molecule has 1 aliphatic heterocycles. The van der Waals surface area contributed by atoms with E-state index < -0.39 is 23.8 Å². The quantitative estimate of drug-likeness (QED) is 0.376. The van der Waals surface area contributed by atoms with Crippen molar-refractivity contribution in [2.45, 2.75) is 53.5 Å². The first kappa shape index (κ1) is 28.7.